The van der Waals surface area contributed by atoms with Gasteiger partial charge in [-0.2, -0.15) is 4.31 Å². The van der Waals surface area contributed by atoms with E-state index in [4.69, 9.17) is 11.6 Å². The number of piperidine rings is 1. The number of benzene rings is 1. The van der Waals surface area contributed by atoms with Crippen LogP contribution in [0.4, 0.5) is 0 Å². The van der Waals surface area contributed by atoms with E-state index < -0.39 is 15.9 Å². The Kier molecular flexibility index (Phi) is 7.74. The molecule has 2 atom stereocenters. The van der Waals surface area contributed by atoms with Crippen molar-refractivity contribution < 1.29 is 18.0 Å². The van der Waals surface area contributed by atoms with Gasteiger partial charge in [0.2, 0.25) is 10.0 Å². The minimum atomic E-state index is -3.78. The molecule has 0 bridgehead atoms. The van der Waals surface area contributed by atoms with E-state index in [1.807, 2.05) is 13.8 Å². The first kappa shape index (κ1) is 23.7. The zero-order valence-corrected chi connectivity index (χ0v) is 19.8. The molecule has 2 aromatic rings. The van der Waals surface area contributed by atoms with Crippen LogP contribution in [-0.2, 0) is 10.0 Å². The molecule has 1 aromatic heterocycles. The normalized spacial score (nSPS) is 19.7. The van der Waals surface area contributed by atoms with E-state index in [1.54, 1.807) is 29.6 Å². The summed E-state index contributed by atoms with van der Waals surface area (Å²) in [6.07, 6.45) is 2.60. The van der Waals surface area contributed by atoms with Gasteiger partial charge in [0.05, 0.1) is 10.6 Å². The number of nitrogens with one attached hydrogen (secondary N) is 2. The standard InChI is InChI=1S/C21H26ClN3O4S2/c1-14-6-5-7-15(2)25(14)31(28,29)18-10-13-30-19(18)21(27)24-12-11-23-20(26)16-8-3-4-9-17(16)22/h3-4,8-10,13-15H,5-7,11-12H2,1-2H3,(H,23,26)(H,24,27)/t14-,15-/m0/s1. The zero-order valence-electron chi connectivity index (χ0n) is 17.4. The third-order valence-electron chi connectivity index (χ3n) is 5.32. The predicted molar refractivity (Wildman–Crippen MR) is 122 cm³/mol. The lowest BCUT2D eigenvalue weighted by molar-refractivity contribution is 0.0928. The Morgan fingerprint density at radius 3 is 2.32 bits per heavy atom. The van der Waals surface area contributed by atoms with Crippen molar-refractivity contribution in [3.63, 3.8) is 0 Å². The Bertz CT molecular complexity index is 1040. The maximum Gasteiger partial charge on any atom is 0.262 e. The first-order valence-electron chi connectivity index (χ1n) is 10.2. The maximum atomic E-state index is 13.3. The third kappa shape index (κ3) is 5.28. The van der Waals surface area contributed by atoms with Crippen LogP contribution in [0.25, 0.3) is 0 Å². The summed E-state index contributed by atoms with van der Waals surface area (Å²) in [5, 5.41) is 7.33. The van der Waals surface area contributed by atoms with Crippen LogP contribution in [0.1, 0.15) is 53.1 Å². The van der Waals surface area contributed by atoms with Gasteiger partial charge in [0.25, 0.3) is 11.8 Å². The summed E-state index contributed by atoms with van der Waals surface area (Å²) in [6.45, 7) is 4.15. The summed E-state index contributed by atoms with van der Waals surface area (Å²) in [5.41, 5.74) is 0.354. The van der Waals surface area contributed by atoms with E-state index in [-0.39, 0.29) is 40.9 Å². The highest BCUT2D eigenvalue weighted by Gasteiger charge is 2.38. The minimum absolute atomic E-state index is 0.0377. The van der Waals surface area contributed by atoms with Crippen molar-refractivity contribution in [3.8, 4) is 0 Å². The molecule has 0 aliphatic carbocycles. The molecule has 2 heterocycles. The van der Waals surface area contributed by atoms with Gasteiger partial charge in [-0.05, 0) is 50.3 Å². The summed E-state index contributed by atoms with van der Waals surface area (Å²) in [4.78, 5) is 25.0. The molecule has 2 N–H and O–H groups in total. The van der Waals surface area contributed by atoms with E-state index in [9.17, 15) is 18.0 Å². The van der Waals surface area contributed by atoms with Crippen molar-refractivity contribution in [1.29, 1.82) is 0 Å². The molecule has 0 unspecified atom stereocenters. The lowest BCUT2D eigenvalue weighted by Gasteiger charge is -2.37. The number of nitrogens with zero attached hydrogens (tertiary/aromatic N) is 1. The van der Waals surface area contributed by atoms with E-state index in [2.05, 4.69) is 10.6 Å². The van der Waals surface area contributed by atoms with Crippen molar-refractivity contribution in [2.75, 3.05) is 13.1 Å². The largest absolute Gasteiger partial charge is 0.350 e. The van der Waals surface area contributed by atoms with Gasteiger partial charge >= 0.3 is 0 Å². The molecule has 0 saturated carbocycles. The van der Waals surface area contributed by atoms with Crippen LogP contribution < -0.4 is 10.6 Å². The van der Waals surface area contributed by atoms with Crippen LogP contribution in [-0.4, -0.2) is 49.7 Å². The first-order chi connectivity index (χ1) is 14.7. The average Bonchev–Trinajstić information content (AvgIpc) is 3.22. The van der Waals surface area contributed by atoms with E-state index >= 15 is 0 Å². The lowest BCUT2D eigenvalue weighted by Crippen LogP contribution is -2.47. The minimum Gasteiger partial charge on any atom is -0.350 e. The molecule has 1 aromatic carbocycles. The maximum absolute atomic E-state index is 13.3. The Labute approximate surface area is 191 Å². The fraction of sp³-hybridized carbons (Fsp3) is 0.429. The van der Waals surface area contributed by atoms with E-state index in [0.717, 1.165) is 30.6 Å². The number of halogens is 1. The monoisotopic (exact) mass is 483 g/mol. The topological polar surface area (TPSA) is 95.6 Å². The van der Waals surface area contributed by atoms with Crippen LogP contribution in [0.3, 0.4) is 0 Å². The second-order valence-corrected chi connectivity index (χ2v) is 10.7. The van der Waals surface area contributed by atoms with Crippen molar-refractivity contribution in [3.05, 3.63) is 51.2 Å². The van der Waals surface area contributed by atoms with Crippen LogP contribution >= 0.6 is 22.9 Å². The number of hydrogen-bond donors (Lipinski definition) is 2. The second-order valence-electron chi connectivity index (χ2n) is 7.57. The fourth-order valence-corrected chi connectivity index (χ4v) is 7.25. The van der Waals surface area contributed by atoms with Gasteiger partial charge in [0.15, 0.2) is 0 Å². The highest BCUT2D eigenvalue weighted by Crippen LogP contribution is 2.32. The lowest BCUT2D eigenvalue weighted by atomic mass is 10.0. The van der Waals surface area contributed by atoms with Gasteiger partial charge in [0, 0.05) is 25.2 Å². The summed E-state index contributed by atoms with van der Waals surface area (Å²) in [5.74, 6) is -0.815. The Morgan fingerprint density at radius 1 is 1.06 bits per heavy atom. The van der Waals surface area contributed by atoms with Crippen molar-refractivity contribution in [2.45, 2.75) is 50.1 Å². The van der Waals surface area contributed by atoms with Gasteiger partial charge in [-0.3, -0.25) is 9.59 Å². The SMILES string of the molecule is C[C@H]1CCC[C@H](C)N1S(=O)(=O)c1ccsc1C(=O)NCCNC(=O)c1ccccc1Cl. The molecule has 1 saturated heterocycles. The molecule has 1 aliphatic heterocycles. The van der Waals surface area contributed by atoms with Crippen molar-refractivity contribution in [1.82, 2.24) is 14.9 Å². The van der Waals surface area contributed by atoms with Crippen LogP contribution in [0.5, 0.6) is 0 Å². The highest BCUT2D eigenvalue weighted by atomic mass is 35.5. The highest BCUT2D eigenvalue weighted by molar-refractivity contribution is 7.89. The number of amides is 2. The predicted octanol–water partition coefficient (Wildman–Crippen LogP) is 3.51. The van der Waals surface area contributed by atoms with Gasteiger partial charge in [0.1, 0.15) is 9.77 Å². The second kappa shape index (κ2) is 10.1. The molecular formula is C21H26ClN3O4S2. The summed E-state index contributed by atoms with van der Waals surface area (Å²) in [6, 6.07) is 7.96. The Morgan fingerprint density at radius 2 is 1.68 bits per heavy atom. The number of hydrogen-bond acceptors (Lipinski definition) is 5. The Balaban J connectivity index is 1.62. The molecule has 0 spiro atoms. The van der Waals surface area contributed by atoms with Crippen LogP contribution in [0.15, 0.2) is 40.6 Å². The third-order valence-corrected chi connectivity index (χ3v) is 8.86. The molecule has 10 heteroatoms. The molecule has 1 aliphatic rings. The molecular weight excluding hydrogens is 458 g/mol. The average molecular weight is 484 g/mol. The fourth-order valence-electron chi connectivity index (χ4n) is 3.82. The molecule has 7 nitrogen and oxygen atoms in total. The number of carbonyl (C=O) groups excluding carboxylic acids is 2. The molecule has 31 heavy (non-hydrogen) atoms. The molecule has 1 fully saturated rings. The van der Waals surface area contributed by atoms with E-state index in [0.29, 0.717) is 10.6 Å². The number of carbonyl (C=O) groups is 2. The molecule has 0 radical (unpaired) electrons. The van der Waals surface area contributed by atoms with E-state index in [1.165, 1.54) is 10.4 Å². The zero-order chi connectivity index (χ0) is 22.6. The first-order valence-corrected chi connectivity index (χ1v) is 12.8. The van der Waals surface area contributed by atoms with Crippen LogP contribution in [0, 0.1) is 0 Å². The molecule has 3 rings (SSSR count). The van der Waals surface area contributed by atoms with Crippen molar-refractivity contribution >= 4 is 44.8 Å². The Hall–Kier alpha value is -1.94. The molecule has 2 amide bonds. The summed E-state index contributed by atoms with van der Waals surface area (Å²) in [7, 11) is -3.78. The summed E-state index contributed by atoms with van der Waals surface area (Å²) < 4.78 is 28.1. The van der Waals surface area contributed by atoms with Crippen molar-refractivity contribution in [2.24, 2.45) is 0 Å². The van der Waals surface area contributed by atoms with Gasteiger partial charge in [-0.15, -0.1) is 11.3 Å². The van der Waals surface area contributed by atoms with Gasteiger partial charge in [-0.25, -0.2) is 8.42 Å². The smallest absolute Gasteiger partial charge is 0.262 e. The number of sulfonamides is 1. The van der Waals surface area contributed by atoms with Gasteiger partial charge in [-0.1, -0.05) is 30.2 Å². The summed E-state index contributed by atoms with van der Waals surface area (Å²) >= 11 is 7.10. The quantitative estimate of drug-likeness (QED) is 0.589. The number of thiophene rings is 1. The van der Waals surface area contributed by atoms with Crippen LogP contribution in [0.2, 0.25) is 5.02 Å². The van der Waals surface area contributed by atoms with Gasteiger partial charge < -0.3 is 10.6 Å². The molecule has 168 valence electrons. The number of rotatable bonds is 7.